The van der Waals surface area contributed by atoms with E-state index in [1.165, 1.54) is 0 Å². The SMILES string of the molecule is NCCCCC(Cl)(NC(=O)OCc1ccccc1)C(=O)O. The van der Waals surface area contributed by atoms with Crippen molar-refractivity contribution in [1.29, 1.82) is 0 Å². The monoisotopic (exact) mass is 314 g/mol. The van der Waals surface area contributed by atoms with Gasteiger partial charge in [-0.15, -0.1) is 0 Å². The van der Waals surface area contributed by atoms with Crippen molar-refractivity contribution < 1.29 is 19.4 Å². The first-order chi connectivity index (χ1) is 9.98. The molecule has 1 aromatic rings. The topological polar surface area (TPSA) is 102 Å². The molecule has 1 rings (SSSR count). The standard InChI is InChI=1S/C14H19ClN2O4/c15-14(12(18)19,8-4-5-9-16)17-13(20)21-10-11-6-2-1-3-7-11/h1-3,6-7H,4-5,8-10,16H2,(H,17,20)(H,18,19). The van der Waals surface area contributed by atoms with Crippen LogP contribution in [0.5, 0.6) is 0 Å². The van der Waals surface area contributed by atoms with Gasteiger partial charge in [-0.25, -0.2) is 9.59 Å². The lowest BCUT2D eigenvalue weighted by molar-refractivity contribution is -0.141. The van der Waals surface area contributed by atoms with Crippen LogP contribution in [0, 0.1) is 0 Å². The van der Waals surface area contributed by atoms with E-state index in [0.29, 0.717) is 19.4 Å². The zero-order chi connectivity index (χ0) is 15.7. The number of carbonyl (C=O) groups is 2. The molecule has 1 amide bonds. The Morgan fingerprint density at radius 3 is 2.52 bits per heavy atom. The van der Waals surface area contributed by atoms with Crippen molar-refractivity contribution >= 4 is 23.7 Å². The third-order valence-electron chi connectivity index (χ3n) is 2.83. The number of carbonyl (C=O) groups excluding carboxylic acids is 1. The van der Waals surface area contributed by atoms with Crippen molar-refractivity contribution in [2.45, 2.75) is 30.9 Å². The number of rotatable bonds is 8. The fraction of sp³-hybridized carbons (Fsp3) is 0.429. The second kappa shape index (κ2) is 8.49. The van der Waals surface area contributed by atoms with Gasteiger partial charge in [-0.3, -0.25) is 5.32 Å². The van der Waals surface area contributed by atoms with Crippen molar-refractivity contribution in [3.05, 3.63) is 35.9 Å². The highest BCUT2D eigenvalue weighted by Gasteiger charge is 2.37. The molecule has 1 unspecified atom stereocenters. The summed E-state index contributed by atoms with van der Waals surface area (Å²) in [4.78, 5) is 21.0. The Bertz CT molecular complexity index is 469. The highest BCUT2D eigenvalue weighted by atomic mass is 35.5. The van der Waals surface area contributed by atoms with Crippen LogP contribution >= 0.6 is 11.6 Å². The molecule has 0 radical (unpaired) electrons. The van der Waals surface area contributed by atoms with Crippen LogP contribution in [-0.2, 0) is 16.1 Å². The first kappa shape index (κ1) is 17.3. The average molecular weight is 315 g/mol. The van der Waals surface area contributed by atoms with E-state index in [0.717, 1.165) is 5.56 Å². The van der Waals surface area contributed by atoms with Crippen LogP contribution in [0.1, 0.15) is 24.8 Å². The molecule has 1 aromatic carbocycles. The third-order valence-corrected chi connectivity index (χ3v) is 3.27. The second-order valence-electron chi connectivity index (χ2n) is 4.54. The number of unbranched alkanes of at least 4 members (excludes halogenated alkanes) is 1. The Morgan fingerprint density at radius 2 is 1.95 bits per heavy atom. The van der Waals surface area contributed by atoms with Gasteiger partial charge in [0.25, 0.3) is 0 Å². The molecule has 0 spiro atoms. The van der Waals surface area contributed by atoms with Gasteiger partial charge in [0.2, 0.25) is 5.00 Å². The quantitative estimate of drug-likeness (QED) is 0.387. The molecule has 4 N–H and O–H groups in total. The van der Waals surface area contributed by atoms with Gasteiger partial charge >= 0.3 is 12.1 Å². The van der Waals surface area contributed by atoms with Crippen molar-refractivity contribution in [2.75, 3.05) is 6.54 Å². The lowest BCUT2D eigenvalue weighted by Gasteiger charge is -2.23. The zero-order valence-corrected chi connectivity index (χ0v) is 12.3. The summed E-state index contributed by atoms with van der Waals surface area (Å²) in [6.07, 6.45) is 0.318. The molecule has 0 saturated carbocycles. The zero-order valence-electron chi connectivity index (χ0n) is 11.5. The molecule has 0 aromatic heterocycles. The minimum Gasteiger partial charge on any atom is -0.479 e. The number of ether oxygens (including phenoxy) is 1. The van der Waals surface area contributed by atoms with Crippen molar-refractivity contribution in [3.8, 4) is 0 Å². The lowest BCUT2D eigenvalue weighted by Crippen LogP contribution is -2.50. The number of halogens is 1. The van der Waals surface area contributed by atoms with Crippen LogP contribution in [-0.4, -0.2) is 28.7 Å². The van der Waals surface area contributed by atoms with Gasteiger partial charge in [0.1, 0.15) is 6.61 Å². The van der Waals surface area contributed by atoms with Gasteiger partial charge in [0.15, 0.2) is 0 Å². The highest BCUT2D eigenvalue weighted by Crippen LogP contribution is 2.20. The van der Waals surface area contributed by atoms with E-state index in [9.17, 15) is 9.59 Å². The molecular weight excluding hydrogens is 296 g/mol. The summed E-state index contributed by atoms with van der Waals surface area (Å²) in [5.41, 5.74) is 6.14. The predicted octanol–water partition coefficient (Wildman–Crippen LogP) is 2.06. The number of hydrogen-bond donors (Lipinski definition) is 3. The first-order valence-electron chi connectivity index (χ1n) is 6.59. The number of alkyl carbamates (subject to hydrolysis) is 1. The van der Waals surface area contributed by atoms with Crippen LogP contribution in [0.15, 0.2) is 30.3 Å². The first-order valence-corrected chi connectivity index (χ1v) is 6.97. The van der Waals surface area contributed by atoms with Gasteiger partial charge < -0.3 is 15.6 Å². The highest BCUT2D eigenvalue weighted by molar-refractivity contribution is 6.34. The Labute approximate surface area is 128 Å². The smallest absolute Gasteiger partial charge is 0.409 e. The maximum absolute atomic E-state index is 11.7. The summed E-state index contributed by atoms with van der Waals surface area (Å²) in [5, 5.41) is 11.3. The van der Waals surface area contributed by atoms with Crippen molar-refractivity contribution in [2.24, 2.45) is 5.73 Å². The van der Waals surface area contributed by atoms with E-state index in [1.807, 2.05) is 18.2 Å². The number of nitrogens with one attached hydrogen (secondary N) is 1. The van der Waals surface area contributed by atoms with Crippen LogP contribution in [0.2, 0.25) is 0 Å². The molecular formula is C14H19ClN2O4. The molecule has 0 fully saturated rings. The molecule has 0 bridgehead atoms. The summed E-state index contributed by atoms with van der Waals surface area (Å²) in [6, 6.07) is 9.05. The molecule has 0 heterocycles. The van der Waals surface area contributed by atoms with Crippen LogP contribution in [0.3, 0.4) is 0 Å². The molecule has 0 saturated heterocycles. The Hall–Kier alpha value is -1.79. The average Bonchev–Trinajstić information content (AvgIpc) is 2.46. The molecule has 116 valence electrons. The van der Waals surface area contributed by atoms with E-state index in [4.69, 9.17) is 27.2 Å². The van der Waals surface area contributed by atoms with Gasteiger partial charge in [0.05, 0.1) is 0 Å². The molecule has 0 aliphatic carbocycles. The summed E-state index contributed by atoms with van der Waals surface area (Å²) < 4.78 is 4.96. The van der Waals surface area contributed by atoms with Crippen LogP contribution in [0.4, 0.5) is 4.79 Å². The minimum atomic E-state index is -1.87. The number of aliphatic carboxylic acids is 1. The molecule has 6 nitrogen and oxygen atoms in total. The molecule has 0 aliphatic heterocycles. The number of amides is 1. The van der Waals surface area contributed by atoms with E-state index in [1.54, 1.807) is 12.1 Å². The second-order valence-corrected chi connectivity index (χ2v) is 5.18. The summed E-state index contributed by atoms with van der Waals surface area (Å²) >= 11 is 5.93. The fourth-order valence-electron chi connectivity index (χ4n) is 1.66. The summed E-state index contributed by atoms with van der Waals surface area (Å²) in [5.74, 6) is -1.32. The largest absolute Gasteiger partial charge is 0.479 e. The van der Waals surface area contributed by atoms with Crippen LogP contribution < -0.4 is 11.1 Å². The van der Waals surface area contributed by atoms with E-state index in [-0.39, 0.29) is 13.0 Å². The number of carboxylic acids is 1. The number of hydrogen-bond acceptors (Lipinski definition) is 4. The Morgan fingerprint density at radius 1 is 1.29 bits per heavy atom. The van der Waals surface area contributed by atoms with Crippen molar-refractivity contribution in [3.63, 3.8) is 0 Å². The molecule has 21 heavy (non-hydrogen) atoms. The number of nitrogens with two attached hydrogens (primary N) is 1. The van der Waals surface area contributed by atoms with Crippen LogP contribution in [0.25, 0.3) is 0 Å². The van der Waals surface area contributed by atoms with Crippen molar-refractivity contribution in [1.82, 2.24) is 5.32 Å². The van der Waals surface area contributed by atoms with E-state index >= 15 is 0 Å². The van der Waals surface area contributed by atoms with Gasteiger partial charge in [-0.2, -0.15) is 0 Å². The molecule has 7 heteroatoms. The summed E-state index contributed by atoms with van der Waals surface area (Å²) in [6.45, 7) is 0.479. The number of carboxylic acid groups (broad SMARTS) is 1. The number of benzene rings is 1. The normalized spacial score (nSPS) is 13.2. The predicted molar refractivity (Wildman–Crippen MR) is 78.9 cm³/mol. The maximum atomic E-state index is 11.7. The van der Waals surface area contributed by atoms with E-state index < -0.39 is 17.1 Å². The maximum Gasteiger partial charge on any atom is 0.409 e. The van der Waals surface area contributed by atoms with Gasteiger partial charge in [-0.05, 0) is 31.4 Å². The van der Waals surface area contributed by atoms with Gasteiger partial charge in [0, 0.05) is 0 Å². The number of alkyl halides is 1. The third kappa shape index (κ3) is 6.01. The van der Waals surface area contributed by atoms with E-state index in [2.05, 4.69) is 5.32 Å². The lowest BCUT2D eigenvalue weighted by atomic mass is 10.1. The molecule has 1 atom stereocenters. The van der Waals surface area contributed by atoms with Gasteiger partial charge in [-0.1, -0.05) is 41.9 Å². The minimum absolute atomic E-state index is 0.0437. The Balaban J connectivity index is 2.50. The fourth-order valence-corrected chi connectivity index (χ4v) is 1.87. The molecule has 0 aliphatic rings. The Kier molecular flexibility index (Phi) is 6.98. The summed E-state index contributed by atoms with van der Waals surface area (Å²) in [7, 11) is 0.